The fourth-order valence-corrected chi connectivity index (χ4v) is 3.17. The van der Waals surface area contributed by atoms with Crippen molar-refractivity contribution in [3.63, 3.8) is 0 Å². The number of halogens is 3. The Morgan fingerprint density at radius 1 is 1.21 bits per heavy atom. The summed E-state index contributed by atoms with van der Waals surface area (Å²) in [6.07, 6.45) is -1.99. The predicted molar refractivity (Wildman–Crippen MR) is 84.5 cm³/mol. The molecule has 3 N–H and O–H groups in total. The minimum Gasteiger partial charge on any atom is -0.351 e. The maximum absolute atomic E-state index is 13.3. The number of alkyl halides is 3. The monoisotopic (exact) mass is 342 g/mol. The highest BCUT2D eigenvalue weighted by Crippen LogP contribution is 2.35. The maximum atomic E-state index is 13.3. The van der Waals surface area contributed by atoms with Crippen molar-refractivity contribution in [3.05, 3.63) is 29.3 Å². The Labute approximate surface area is 138 Å². The molecule has 132 valence electrons. The molecule has 5 nitrogen and oxygen atoms in total. The number of rotatable bonds is 4. The van der Waals surface area contributed by atoms with Crippen LogP contribution in [0.4, 0.5) is 23.7 Å². The van der Waals surface area contributed by atoms with Crippen molar-refractivity contribution in [3.8, 4) is 0 Å². The molecule has 1 aromatic rings. The van der Waals surface area contributed by atoms with Crippen molar-refractivity contribution in [1.29, 1.82) is 0 Å². The zero-order valence-electron chi connectivity index (χ0n) is 13.3. The Bertz CT molecular complexity index is 608. The SMILES string of the molecule is NC(=O)Nc1ccc(CN2CCN(C3CC3)CC2)c(C(F)(F)F)c1. The van der Waals surface area contributed by atoms with Crippen LogP contribution in [0.1, 0.15) is 24.0 Å². The van der Waals surface area contributed by atoms with E-state index in [2.05, 4.69) is 10.2 Å². The van der Waals surface area contributed by atoms with E-state index >= 15 is 0 Å². The van der Waals surface area contributed by atoms with Gasteiger partial charge >= 0.3 is 12.2 Å². The van der Waals surface area contributed by atoms with Gasteiger partial charge in [-0.2, -0.15) is 13.2 Å². The number of urea groups is 1. The first-order valence-electron chi connectivity index (χ1n) is 8.06. The van der Waals surface area contributed by atoms with E-state index in [1.54, 1.807) is 0 Å². The molecule has 0 atom stereocenters. The Kier molecular flexibility index (Phi) is 4.69. The van der Waals surface area contributed by atoms with E-state index < -0.39 is 17.8 Å². The maximum Gasteiger partial charge on any atom is 0.416 e. The van der Waals surface area contributed by atoms with Crippen LogP contribution in [-0.2, 0) is 12.7 Å². The third-order valence-electron chi connectivity index (χ3n) is 4.55. The van der Waals surface area contributed by atoms with Crippen LogP contribution in [-0.4, -0.2) is 48.1 Å². The van der Waals surface area contributed by atoms with Crippen LogP contribution in [0.25, 0.3) is 0 Å². The van der Waals surface area contributed by atoms with E-state index in [0.717, 1.165) is 32.2 Å². The molecule has 8 heteroatoms. The van der Waals surface area contributed by atoms with Crippen molar-refractivity contribution >= 4 is 11.7 Å². The van der Waals surface area contributed by atoms with E-state index in [1.165, 1.54) is 25.0 Å². The Morgan fingerprint density at radius 2 is 1.88 bits per heavy atom. The Morgan fingerprint density at radius 3 is 2.42 bits per heavy atom. The molecule has 1 aliphatic carbocycles. The average Bonchev–Trinajstić information content (AvgIpc) is 3.33. The summed E-state index contributed by atoms with van der Waals surface area (Å²) in [5.41, 5.74) is 4.52. The van der Waals surface area contributed by atoms with Crippen LogP contribution >= 0.6 is 0 Å². The summed E-state index contributed by atoms with van der Waals surface area (Å²) < 4.78 is 40.0. The molecule has 0 aromatic heterocycles. The number of amides is 2. The number of nitrogens with two attached hydrogens (primary N) is 1. The quantitative estimate of drug-likeness (QED) is 0.884. The molecule has 3 rings (SSSR count). The first-order valence-corrected chi connectivity index (χ1v) is 8.06. The number of nitrogens with zero attached hydrogens (tertiary/aromatic N) is 2. The molecule has 2 fully saturated rings. The molecule has 1 saturated heterocycles. The number of carbonyl (C=O) groups excluding carboxylic acids is 1. The second-order valence-electron chi connectivity index (χ2n) is 6.40. The summed E-state index contributed by atoms with van der Waals surface area (Å²) in [4.78, 5) is 15.3. The molecular formula is C16H21F3N4O. The third-order valence-corrected chi connectivity index (χ3v) is 4.55. The van der Waals surface area contributed by atoms with Gasteiger partial charge in [0.15, 0.2) is 0 Å². The highest BCUT2D eigenvalue weighted by Gasteiger charge is 2.35. The fourth-order valence-electron chi connectivity index (χ4n) is 3.17. The second-order valence-corrected chi connectivity index (χ2v) is 6.40. The van der Waals surface area contributed by atoms with Crippen molar-refractivity contribution in [1.82, 2.24) is 9.80 Å². The largest absolute Gasteiger partial charge is 0.416 e. The summed E-state index contributed by atoms with van der Waals surface area (Å²) >= 11 is 0. The highest BCUT2D eigenvalue weighted by atomic mass is 19.4. The molecule has 0 spiro atoms. The van der Waals surface area contributed by atoms with Gasteiger partial charge in [-0.05, 0) is 30.5 Å². The first kappa shape index (κ1) is 17.0. The number of piperazine rings is 1. The molecule has 1 saturated carbocycles. The van der Waals surface area contributed by atoms with Crippen LogP contribution in [0, 0.1) is 0 Å². The van der Waals surface area contributed by atoms with Gasteiger partial charge in [0, 0.05) is 44.5 Å². The second kappa shape index (κ2) is 6.60. The summed E-state index contributed by atoms with van der Waals surface area (Å²) in [5.74, 6) is 0. The van der Waals surface area contributed by atoms with Gasteiger partial charge in [0.2, 0.25) is 0 Å². The molecular weight excluding hydrogens is 321 g/mol. The third kappa shape index (κ3) is 4.18. The van der Waals surface area contributed by atoms with Gasteiger partial charge < -0.3 is 11.1 Å². The summed E-state index contributed by atoms with van der Waals surface area (Å²) in [7, 11) is 0. The van der Waals surface area contributed by atoms with Crippen LogP contribution in [0.2, 0.25) is 0 Å². The van der Waals surface area contributed by atoms with Crippen LogP contribution in [0.5, 0.6) is 0 Å². The number of benzene rings is 1. The minimum atomic E-state index is -4.47. The van der Waals surface area contributed by atoms with E-state index in [1.807, 2.05) is 4.90 Å². The number of hydrogen-bond acceptors (Lipinski definition) is 3. The summed E-state index contributed by atoms with van der Waals surface area (Å²) in [6.45, 7) is 3.62. The molecule has 1 aliphatic heterocycles. The lowest BCUT2D eigenvalue weighted by Gasteiger charge is -2.35. The van der Waals surface area contributed by atoms with Gasteiger partial charge in [0.05, 0.1) is 5.56 Å². The van der Waals surface area contributed by atoms with Crippen molar-refractivity contribution in [2.45, 2.75) is 31.6 Å². The molecule has 2 aliphatic rings. The molecule has 1 heterocycles. The van der Waals surface area contributed by atoms with E-state index in [-0.39, 0.29) is 17.8 Å². The Balaban J connectivity index is 1.70. The van der Waals surface area contributed by atoms with Crippen molar-refractivity contribution in [2.75, 3.05) is 31.5 Å². The number of hydrogen-bond donors (Lipinski definition) is 2. The minimum absolute atomic E-state index is 0.0529. The van der Waals surface area contributed by atoms with Crippen molar-refractivity contribution < 1.29 is 18.0 Å². The highest BCUT2D eigenvalue weighted by molar-refractivity contribution is 5.87. The van der Waals surface area contributed by atoms with E-state index in [9.17, 15) is 18.0 Å². The fraction of sp³-hybridized carbons (Fsp3) is 0.562. The normalized spacial score (nSPS) is 20.1. The summed E-state index contributed by atoms with van der Waals surface area (Å²) in [6, 6.07) is 3.63. The van der Waals surface area contributed by atoms with Gasteiger partial charge in [-0.25, -0.2) is 4.79 Å². The average molecular weight is 342 g/mol. The van der Waals surface area contributed by atoms with Crippen LogP contribution in [0.3, 0.4) is 0 Å². The van der Waals surface area contributed by atoms with Crippen LogP contribution in [0.15, 0.2) is 18.2 Å². The lowest BCUT2D eigenvalue weighted by molar-refractivity contribution is -0.138. The number of carbonyl (C=O) groups is 1. The molecule has 0 radical (unpaired) electrons. The van der Waals surface area contributed by atoms with E-state index in [4.69, 9.17) is 5.73 Å². The van der Waals surface area contributed by atoms with Crippen LogP contribution < -0.4 is 11.1 Å². The Hall–Kier alpha value is -1.80. The molecule has 0 unspecified atom stereocenters. The van der Waals surface area contributed by atoms with Gasteiger partial charge in [-0.1, -0.05) is 6.07 Å². The summed E-state index contributed by atoms with van der Waals surface area (Å²) in [5, 5.41) is 2.19. The zero-order valence-corrected chi connectivity index (χ0v) is 13.3. The van der Waals surface area contributed by atoms with Gasteiger partial charge in [0.25, 0.3) is 0 Å². The number of nitrogens with one attached hydrogen (secondary N) is 1. The molecule has 1 aromatic carbocycles. The van der Waals surface area contributed by atoms with Gasteiger partial charge in [0.1, 0.15) is 0 Å². The first-order chi connectivity index (χ1) is 11.3. The lowest BCUT2D eigenvalue weighted by atomic mass is 10.0. The zero-order chi connectivity index (χ0) is 17.3. The number of anilines is 1. The smallest absolute Gasteiger partial charge is 0.351 e. The lowest BCUT2D eigenvalue weighted by Crippen LogP contribution is -2.46. The predicted octanol–water partition coefficient (Wildman–Crippen LogP) is 2.48. The standard InChI is InChI=1S/C16H21F3N4O/c17-16(18,19)14-9-12(21-15(20)24)2-1-11(14)10-22-5-7-23(8-6-22)13-3-4-13/h1-2,9,13H,3-8,10H2,(H3,20,21,24). The van der Waals surface area contributed by atoms with E-state index in [0.29, 0.717) is 6.04 Å². The molecule has 0 bridgehead atoms. The molecule has 24 heavy (non-hydrogen) atoms. The van der Waals surface area contributed by atoms with Crippen molar-refractivity contribution in [2.24, 2.45) is 5.73 Å². The number of primary amides is 1. The van der Waals surface area contributed by atoms with Gasteiger partial charge in [-0.3, -0.25) is 9.80 Å². The topological polar surface area (TPSA) is 61.6 Å². The molecule has 2 amide bonds. The van der Waals surface area contributed by atoms with Gasteiger partial charge in [-0.15, -0.1) is 0 Å².